The predicted molar refractivity (Wildman–Crippen MR) is 169 cm³/mol. The summed E-state index contributed by atoms with van der Waals surface area (Å²) in [7, 11) is 0. The number of nitrogens with two attached hydrogens (primary N) is 1. The first-order chi connectivity index (χ1) is 21.0. The number of carbonyl (C=O) groups excluding carboxylic acids is 1. The van der Waals surface area contributed by atoms with Crippen LogP contribution in [0.5, 0.6) is 0 Å². The van der Waals surface area contributed by atoms with Crippen molar-refractivity contribution in [3.8, 4) is 0 Å². The van der Waals surface area contributed by atoms with E-state index in [9.17, 15) is 22.8 Å². The van der Waals surface area contributed by atoms with Crippen LogP contribution >= 0.6 is 15.9 Å². The highest BCUT2D eigenvalue weighted by atomic mass is 79.9. The highest BCUT2D eigenvalue weighted by Crippen LogP contribution is 2.34. The summed E-state index contributed by atoms with van der Waals surface area (Å²) < 4.78 is 40.9. The molecule has 0 aromatic heterocycles. The Labute approximate surface area is 262 Å². The fourth-order valence-corrected chi connectivity index (χ4v) is 5.30. The van der Waals surface area contributed by atoms with Crippen molar-refractivity contribution in [3.05, 3.63) is 99.5 Å². The molecule has 0 aliphatic heterocycles. The van der Waals surface area contributed by atoms with Gasteiger partial charge in [0, 0.05) is 28.0 Å². The third kappa shape index (κ3) is 9.17. The molecule has 0 fully saturated rings. The van der Waals surface area contributed by atoms with Gasteiger partial charge in [0.05, 0.1) is 25.2 Å². The zero-order chi connectivity index (χ0) is 31.7. The minimum atomic E-state index is -4.55. The molecule has 1 aliphatic rings. The summed E-state index contributed by atoms with van der Waals surface area (Å²) >= 11 is 3.17. The predicted octanol–water partition coefficient (Wildman–Crippen LogP) is 7.02. The van der Waals surface area contributed by atoms with Gasteiger partial charge in [-0.25, -0.2) is 4.99 Å². The molecule has 0 saturated heterocycles. The van der Waals surface area contributed by atoms with Crippen molar-refractivity contribution in [2.75, 3.05) is 23.4 Å². The van der Waals surface area contributed by atoms with Crippen molar-refractivity contribution in [1.82, 2.24) is 5.32 Å². The second-order valence-corrected chi connectivity index (χ2v) is 11.1. The normalized spacial score (nSPS) is 13.7. The minimum Gasteiger partial charge on any atom is -0.481 e. The van der Waals surface area contributed by atoms with Gasteiger partial charge in [-0.2, -0.15) is 13.2 Å². The van der Waals surface area contributed by atoms with Crippen LogP contribution in [0.25, 0.3) is 5.57 Å². The molecule has 3 aromatic rings. The van der Waals surface area contributed by atoms with Crippen LogP contribution in [0.1, 0.15) is 59.2 Å². The number of nitrogens with zero attached hydrogens (tertiary/aromatic N) is 2. The smallest absolute Gasteiger partial charge is 0.416 e. The zero-order valence-electron chi connectivity index (χ0n) is 23.8. The van der Waals surface area contributed by atoms with Crippen molar-refractivity contribution in [1.29, 1.82) is 0 Å². The quantitative estimate of drug-likeness (QED) is 0.136. The molecule has 8 nitrogen and oxygen atoms in total. The van der Waals surface area contributed by atoms with Crippen LogP contribution in [0.3, 0.4) is 0 Å². The number of amides is 1. The van der Waals surface area contributed by atoms with Gasteiger partial charge < -0.3 is 26.4 Å². The number of benzene rings is 3. The first-order valence-corrected chi connectivity index (χ1v) is 14.9. The van der Waals surface area contributed by atoms with Gasteiger partial charge >= 0.3 is 12.1 Å². The van der Waals surface area contributed by atoms with Crippen LogP contribution in [0.2, 0.25) is 0 Å². The van der Waals surface area contributed by atoms with E-state index < -0.39 is 23.6 Å². The molecule has 0 saturated carbocycles. The number of allylic oxidation sites excluding steroid dienone is 2. The van der Waals surface area contributed by atoms with Crippen molar-refractivity contribution >= 4 is 50.7 Å². The largest absolute Gasteiger partial charge is 0.481 e. The summed E-state index contributed by atoms with van der Waals surface area (Å²) in [4.78, 5) is 29.4. The van der Waals surface area contributed by atoms with E-state index in [4.69, 9.17) is 10.8 Å². The summed E-state index contributed by atoms with van der Waals surface area (Å²) in [6.45, 7) is 0.126. The molecule has 0 radical (unpaired) electrons. The lowest BCUT2D eigenvalue weighted by atomic mass is 9.93. The van der Waals surface area contributed by atoms with Gasteiger partial charge in [0.2, 0.25) is 5.96 Å². The fourth-order valence-electron chi connectivity index (χ4n) is 4.81. The van der Waals surface area contributed by atoms with Gasteiger partial charge in [0.25, 0.3) is 5.91 Å². The van der Waals surface area contributed by atoms with Crippen LogP contribution in [0, 0.1) is 0 Å². The van der Waals surface area contributed by atoms with Gasteiger partial charge in [-0.1, -0.05) is 46.3 Å². The van der Waals surface area contributed by atoms with Gasteiger partial charge in [-0.05, 0) is 84.8 Å². The molecule has 0 spiro atoms. The Bertz CT molecular complexity index is 1520. The lowest BCUT2D eigenvalue weighted by molar-refractivity contribution is -0.138. The molecule has 44 heavy (non-hydrogen) atoms. The summed E-state index contributed by atoms with van der Waals surface area (Å²) in [5, 5.41) is 14.4. The number of nitrogens with one attached hydrogen (secondary N) is 2. The number of carbonyl (C=O) groups is 2. The Kier molecular flexibility index (Phi) is 11.2. The van der Waals surface area contributed by atoms with Gasteiger partial charge in [0.1, 0.15) is 0 Å². The maximum absolute atomic E-state index is 13.6. The molecule has 1 aliphatic carbocycles. The molecular formula is C32H33BrF3N5O3. The summed E-state index contributed by atoms with van der Waals surface area (Å²) in [5.41, 5.74) is 9.43. The Morgan fingerprint density at radius 3 is 2.36 bits per heavy atom. The third-order valence-corrected chi connectivity index (χ3v) is 7.46. The van der Waals surface area contributed by atoms with Gasteiger partial charge in [0.15, 0.2) is 0 Å². The molecule has 0 heterocycles. The lowest BCUT2D eigenvalue weighted by Gasteiger charge is -2.28. The number of hydrogen-bond donors (Lipinski definition) is 4. The second kappa shape index (κ2) is 15.0. The first-order valence-electron chi connectivity index (χ1n) is 14.1. The monoisotopic (exact) mass is 671 g/mol. The van der Waals surface area contributed by atoms with E-state index in [0.29, 0.717) is 5.56 Å². The van der Waals surface area contributed by atoms with Crippen LogP contribution in [0.15, 0.2) is 82.3 Å². The molecule has 1 amide bonds. The number of aliphatic imine (C=N–C) groups is 1. The Balaban J connectivity index is 1.65. The number of rotatable bonds is 10. The number of guanidine groups is 1. The molecule has 232 valence electrons. The summed E-state index contributed by atoms with van der Waals surface area (Å²) in [6, 6.07) is 18.2. The van der Waals surface area contributed by atoms with Crippen LogP contribution in [-0.4, -0.2) is 36.2 Å². The van der Waals surface area contributed by atoms with Crippen LogP contribution in [-0.2, 0) is 17.5 Å². The number of hydrogen-bond acceptors (Lipinski definition) is 4. The van der Waals surface area contributed by atoms with Crippen molar-refractivity contribution in [3.63, 3.8) is 0 Å². The Morgan fingerprint density at radius 2 is 1.75 bits per heavy atom. The number of carboxylic acids is 1. The van der Waals surface area contributed by atoms with Crippen LogP contribution < -0.4 is 21.3 Å². The Morgan fingerprint density at radius 1 is 1.02 bits per heavy atom. The molecule has 3 aromatic carbocycles. The first kappa shape index (κ1) is 32.7. The number of carboxylic acid groups (broad SMARTS) is 1. The molecule has 0 atom stereocenters. The SMILES string of the molecule is NC/N=C(/Nc1cc(Br)cc(C(F)(F)F)c1)N(Cc1ccc(C(=O)NCCC(=O)O)cc1)c1ccc(C2=CCCCC2)cc1. The van der Waals surface area contributed by atoms with Crippen LogP contribution in [0.4, 0.5) is 24.5 Å². The zero-order valence-corrected chi connectivity index (χ0v) is 25.4. The molecule has 0 bridgehead atoms. The average molecular weight is 673 g/mol. The second-order valence-electron chi connectivity index (χ2n) is 10.2. The highest BCUT2D eigenvalue weighted by molar-refractivity contribution is 9.10. The highest BCUT2D eigenvalue weighted by Gasteiger charge is 2.31. The maximum atomic E-state index is 13.6. The van der Waals surface area contributed by atoms with E-state index in [1.54, 1.807) is 24.3 Å². The van der Waals surface area contributed by atoms with E-state index in [-0.39, 0.29) is 42.3 Å². The number of aliphatic carboxylic acids is 1. The number of anilines is 2. The van der Waals surface area contributed by atoms with Crippen molar-refractivity contribution in [2.24, 2.45) is 10.7 Å². The van der Waals surface area contributed by atoms with E-state index in [1.165, 1.54) is 18.1 Å². The number of halogens is 4. The van der Waals surface area contributed by atoms with Gasteiger partial charge in [-0.15, -0.1) is 0 Å². The van der Waals surface area contributed by atoms with E-state index >= 15 is 0 Å². The standard InChI is InChI=1S/C32H33BrF3N5O3/c33-26-16-25(32(34,35)36)17-27(18-26)40-31(39-20-37)41(28-12-10-23(11-13-28)22-4-2-1-3-5-22)19-21-6-8-24(9-7-21)30(44)38-15-14-29(42)43/h4,6-13,16-18H,1-3,5,14-15,19-20,37H2,(H,38,44)(H,39,40)(H,42,43). The van der Waals surface area contributed by atoms with Gasteiger partial charge in [-0.3, -0.25) is 9.59 Å². The molecule has 4 rings (SSSR count). The molecule has 0 unspecified atom stereocenters. The summed E-state index contributed by atoms with van der Waals surface area (Å²) in [5.74, 6) is -1.17. The third-order valence-electron chi connectivity index (χ3n) is 7.00. The van der Waals surface area contributed by atoms with E-state index in [1.807, 2.05) is 29.2 Å². The maximum Gasteiger partial charge on any atom is 0.416 e. The lowest BCUT2D eigenvalue weighted by Crippen LogP contribution is -2.37. The average Bonchev–Trinajstić information content (AvgIpc) is 2.99. The topological polar surface area (TPSA) is 120 Å². The van der Waals surface area contributed by atoms with Crippen molar-refractivity contribution < 1.29 is 27.9 Å². The van der Waals surface area contributed by atoms with Crippen molar-refractivity contribution in [2.45, 2.75) is 44.8 Å². The summed E-state index contributed by atoms with van der Waals surface area (Å²) in [6.07, 6.45) is 1.88. The fraction of sp³-hybridized carbons (Fsp3) is 0.281. The molecule has 12 heteroatoms. The Hall–Kier alpha value is -4.16. The van der Waals surface area contributed by atoms with E-state index in [2.05, 4.69) is 37.6 Å². The van der Waals surface area contributed by atoms with E-state index in [0.717, 1.165) is 48.2 Å². The minimum absolute atomic E-state index is 0.00678. The molecule has 5 N–H and O–H groups in total. The number of alkyl halides is 3. The molecular weight excluding hydrogens is 639 g/mol.